The number of aromatic nitrogens is 1. The van der Waals surface area contributed by atoms with E-state index in [1.807, 2.05) is 78.9 Å². The summed E-state index contributed by atoms with van der Waals surface area (Å²) in [4.78, 5) is 51.0. The van der Waals surface area contributed by atoms with Gasteiger partial charge in [-0.25, -0.2) is 9.37 Å². The highest BCUT2D eigenvalue weighted by Crippen LogP contribution is 2.48. The fourth-order valence-electron chi connectivity index (χ4n) is 7.56. The number of ether oxygens (including phenoxy) is 2. The number of fused-ring (bicyclic) bond motifs is 3. The highest BCUT2D eigenvalue weighted by molar-refractivity contribution is 6.08. The van der Waals surface area contributed by atoms with Crippen molar-refractivity contribution < 1.29 is 33.4 Å². The van der Waals surface area contributed by atoms with Crippen LogP contribution in [-0.4, -0.2) is 58.1 Å². The average molecular weight is 752 g/mol. The number of carbonyl (C=O) groups excluding carboxylic acids is 3. The number of aliphatic hydroxyl groups excluding tert-OH is 1. The first kappa shape index (κ1) is 37.9. The Morgan fingerprint density at radius 1 is 0.929 bits per heavy atom. The van der Waals surface area contributed by atoms with Gasteiger partial charge in [-0.15, -0.1) is 6.58 Å². The van der Waals surface area contributed by atoms with Gasteiger partial charge < -0.3 is 19.5 Å². The molecule has 1 aromatic heterocycles. The molecule has 0 saturated carbocycles. The van der Waals surface area contributed by atoms with Crippen LogP contribution in [0.4, 0.5) is 10.1 Å². The molecule has 1 unspecified atom stereocenters. The number of esters is 1. The third kappa shape index (κ3) is 8.01. The van der Waals surface area contributed by atoms with Gasteiger partial charge in [-0.2, -0.15) is 0 Å². The number of nitrogens with zero attached hydrogens (tertiary/aromatic N) is 3. The number of rotatable bonds is 14. The van der Waals surface area contributed by atoms with Gasteiger partial charge in [0.2, 0.25) is 5.91 Å². The van der Waals surface area contributed by atoms with Crippen molar-refractivity contribution in [2.75, 3.05) is 18.1 Å². The van der Waals surface area contributed by atoms with Crippen LogP contribution in [-0.2, 0) is 27.3 Å². The van der Waals surface area contributed by atoms with Crippen LogP contribution in [0.5, 0.6) is 5.75 Å². The second-order valence-electron chi connectivity index (χ2n) is 13.8. The van der Waals surface area contributed by atoms with E-state index in [1.165, 1.54) is 19.1 Å². The predicted molar refractivity (Wildman–Crippen MR) is 214 cm³/mol. The lowest BCUT2D eigenvalue weighted by atomic mass is 9.93. The Morgan fingerprint density at radius 3 is 2.45 bits per heavy atom. The minimum Gasteiger partial charge on any atom is -0.493 e. The molecule has 6 aromatic rings. The molecule has 2 heterocycles. The molecule has 0 spiro atoms. The van der Waals surface area contributed by atoms with Crippen LogP contribution in [0.2, 0.25) is 0 Å². The standard InChI is InChI=1S/C46H42FN3O6/c1-3-10-42(56-30(2)52)45-44(49(43(53)27-31-17-20-35(47)21-18-31)29-34-14-8-13-32-11-4-6-15-37(32)34)38-28-36(55-26-9-25-51)22-24-41(38)50(45)46(54)40-23-19-33-12-5-7-16-39(33)48-40/h3-8,11-24,28,42,44-45,51H,1,9-10,25-27,29H2,2H3/t42?,44-,45+/m0/s1. The molecule has 56 heavy (non-hydrogen) atoms. The van der Waals surface area contributed by atoms with Crippen molar-refractivity contribution in [2.24, 2.45) is 0 Å². The molecule has 9 nitrogen and oxygen atoms in total. The fourth-order valence-corrected chi connectivity index (χ4v) is 7.56. The summed E-state index contributed by atoms with van der Waals surface area (Å²) in [7, 11) is 0. The molecule has 1 N–H and O–H groups in total. The number of anilines is 1. The molecular weight excluding hydrogens is 710 g/mol. The van der Waals surface area contributed by atoms with E-state index in [4.69, 9.17) is 14.5 Å². The smallest absolute Gasteiger partial charge is 0.302 e. The molecule has 5 aromatic carbocycles. The summed E-state index contributed by atoms with van der Waals surface area (Å²) in [6.07, 6.45) is 1.18. The summed E-state index contributed by atoms with van der Waals surface area (Å²) in [5, 5.41) is 12.3. The summed E-state index contributed by atoms with van der Waals surface area (Å²) in [6, 6.07) is 34.1. The Kier molecular flexibility index (Phi) is 11.5. The normalized spacial score (nSPS) is 15.3. The van der Waals surface area contributed by atoms with Crippen LogP contribution in [0.3, 0.4) is 0 Å². The molecule has 0 aliphatic carbocycles. The predicted octanol–water partition coefficient (Wildman–Crippen LogP) is 8.14. The Bertz CT molecular complexity index is 2390. The van der Waals surface area contributed by atoms with E-state index >= 15 is 9.59 Å². The zero-order valence-electron chi connectivity index (χ0n) is 31.0. The number of benzene rings is 5. The van der Waals surface area contributed by atoms with Crippen LogP contribution in [0, 0.1) is 5.82 Å². The van der Waals surface area contributed by atoms with Gasteiger partial charge >= 0.3 is 5.97 Å². The Hall–Kier alpha value is -6.39. The van der Waals surface area contributed by atoms with E-state index < -0.39 is 35.9 Å². The van der Waals surface area contributed by atoms with E-state index in [-0.39, 0.29) is 44.2 Å². The molecular formula is C46H42FN3O6. The third-order valence-corrected chi connectivity index (χ3v) is 10.0. The van der Waals surface area contributed by atoms with Gasteiger partial charge in [0, 0.05) is 43.9 Å². The van der Waals surface area contributed by atoms with Gasteiger partial charge in [0.05, 0.1) is 36.3 Å². The van der Waals surface area contributed by atoms with Gasteiger partial charge in [-0.1, -0.05) is 84.9 Å². The van der Waals surface area contributed by atoms with E-state index in [0.717, 1.165) is 21.7 Å². The first-order chi connectivity index (χ1) is 27.2. The summed E-state index contributed by atoms with van der Waals surface area (Å²) in [5.74, 6) is -1.25. The van der Waals surface area contributed by atoms with Crippen LogP contribution in [0.25, 0.3) is 21.7 Å². The molecule has 0 saturated heterocycles. The van der Waals surface area contributed by atoms with E-state index in [1.54, 1.807) is 46.2 Å². The van der Waals surface area contributed by atoms with E-state index in [9.17, 15) is 14.3 Å². The Morgan fingerprint density at radius 2 is 1.68 bits per heavy atom. The monoisotopic (exact) mass is 751 g/mol. The van der Waals surface area contributed by atoms with Crippen LogP contribution in [0.15, 0.2) is 134 Å². The summed E-state index contributed by atoms with van der Waals surface area (Å²) in [6.45, 7) is 5.57. The van der Waals surface area contributed by atoms with Crippen LogP contribution < -0.4 is 9.64 Å². The lowest BCUT2D eigenvalue weighted by molar-refractivity contribution is -0.148. The fraction of sp³-hybridized carbons (Fsp3) is 0.217. The van der Waals surface area contributed by atoms with Crippen LogP contribution in [0.1, 0.15) is 53.0 Å². The van der Waals surface area contributed by atoms with Crippen molar-refractivity contribution in [1.29, 1.82) is 0 Å². The van der Waals surface area contributed by atoms with Gasteiger partial charge in [0.15, 0.2) is 0 Å². The van der Waals surface area contributed by atoms with Crippen molar-refractivity contribution in [1.82, 2.24) is 9.88 Å². The first-order valence-corrected chi connectivity index (χ1v) is 18.6. The second kappa shape index (κ2) is 17.0. The maximum absolute atomic E-state index is 15.0. The number of para-hydroxylation sites is 1. The third-order valence-electron chi connectivity index (χ3n) is 10.0. The number of pyridine rings is 1. The molecule has 0 radical (unpaired) electrons. The molecule has 3 atom stereocenters. The quantitative estimate of drug-likeness (QED) is 0.0680. The largest absolute Gasteiger partial charge is 0.493 e. The van der Waals surface area contributed by atoms with Crippen molar-refractivity contribution in [3.63, 3.8) is 0 Å². The van der Waals surface area contributed by atoms with Gasteiger partial charge in [0.25, 0.3) is 5.91 Å². The van der Waals surface area contributed by atoms with Crippen LogP contribution >= 0.6 is 0 Å². The zero-order chi connectivity index (χ0) is 39.2. The molecule has 284 valence electrons. The number of amides is 2. The van der Waals surface area contributed by atoms with Crippen molar-refractivity contribution in [3.8, 4) is 5.75 Å². The number of halogens is 1. The molecule has 7 rings (SSSR count). The number of hydrogen-bond donors (Lipinski definition) is 1. The number of aliphatic hydroxyl groups is 1. The molecule has 1 aliphatic heterocycles. The number of carbonyl (C=O) groups is 3. The average Bonchev–Trinajstić information content (AvgIpc) is 3.54. The minimum absolute atomic E-state index is 0.0566. The number of hydrogen-bond acceptors (Lipinski definition) is 7. The van der Waals surface area contributed by atoms with Gasteiger partial charge in [-0.05, 0) is 64.4 Å². The summed E-state index contributed by atoms with van der Waals surface area (Å²) in [5.41, 5.74) is 3.36. The van der Waals surface area contributed by atoms with Crippen molar-refractivity contribution in [2.45, 2.75) is 50.9 Å². The summed E-state index contributed by atoms with van der Waals surface area (Å²) >= 11 is 0. The molecule has 0 bridgehead atoms. The molecule has 2 amide bonds. The minimum atomic E-state index is -0.951. The highest BCUT2D eigenvalue weighted by Gasteiger charge is 2.51. The van der Waals surface area contributed by atoms with Gasteiger partial charge in [-0.3, -0.25) is 19.3 Å². The van der Waals surface area contributed by atoms with E-state index in [2.05, 4.69) is 6.58 Å². The molecule has 10 heteroatoms. The highest BCUT2D eigenvalue weighted by atomic mass is 19.1. The lowest BCUT2D eigenvalue weighted by Gasteiger charge is -2.39. The first-order valence-electron chi connectivity index (χ1n) is 18.6. The Labute approximate surface area is 324 Å². The summed E-state index contributed by atoms with van der Waals surface area (Å²) < 4.78 is 26.1. The maximum Gasteiger partial charge on any atom is 0.302 e. The second-order valence-corrected chi connectivity index (χ2v) is 13.8. The maximum atomic E-state index is 15.0. The van der Waals surface area contributed by atoms with Crippen molar-refractivity contribution >= 4 is 45.1 Å². The topological polar surface area (TPSA) is 109 Å². The van der Waals surface area contributed by atoms with Crippen molar-refractivity contribution in [3.05, 3.63) is 162 Å². The Balaban J connectivity index is 1.44. The molecule has 1 aliphatic rings. The molecule has 0 fully saturated rings. The van der Waals surface area contributed by atoms with E-state index in [0.29, 0.717) is 34.5 Å². The SMILES string of the molecule is C=CCC(OC(C)=O)[C@@H]1[C@@H](N(Cc2cccc3ccccc23)C(=O)Cc2ccc(F)cc2)c2cc(OCCCO)ccc2N1C(=O)c1ccc2ccccc2n1. The van der Waals surface area contributed by atoms with Gasteiger partial charge in [0.1, 0.15) is 23.4 Å². The zero-order valence-corrected chi connectivity index (χ0v) is 31.0. The lowest BCUT2D eigenvalue weighted by Crippen LogP contribution is -2.53.